The average Bonchev–Trinajstić information content (AvgIpc) is 3.08. The Morgan fingerprint density at radius 1 is 1.39 bits per heavy atom. The first kappa shape index (κ1) is 17.2. The van der Waals surface area contributed by atoms with E-state index < -0.39 is 11.5 Å². The second-order valence-corrected chi connectivity index (χ2v) is 6.55. The van der Waals surface area contributed by atoms with Crippen LogP contribution in [-0.2, 0) is 9.53 Å². The van der Waals surface area contributed by atoms with Crippen molar-refractivity contribution in [3.63, 3.8) is 0 Å². The zero-order chi connectivity index (χ0) is 16.9. The van der Waals surface area contributed by atoms with E-state index in [0.29, 0.717) is 17.6 Å². The molecule has 1 unspecified atom stereocenters. The third-order valence-corrected chi connectivity index (χ3v) is 3.99. The monoisotopic (exact) mass is 422 g/mol. The van der Waals surface area contributed by atoms with E-state index in [1.807, 2.05) is 12.1 Å². The molecule has 0 radical (unpaired) electrons. The first-order valence-corrected chi connectivity index (χ1v) is 8.03. The Morgan fingerprint density at radius 2 is 2.09 bits per heavy atom. The lowest BCUT2D eigenvalue weighted by molar-refractivity contribution is -0.140. The van der Waals surface area contributed by atoms with Crippen molar-refractivity contribution >= 4 is 34.5 Å². The minimum absolute atomic E-state index is 0.213. The Balaban J connectivity index is 1.97. The molecule has 0 fully saturated rings. The maximum absolute atomic E-state index is 12.2. The second-order valence-electron chi connectivity index (χ2n) is 5.31. The van der Waals surface area contributed by atoms with Crippen LogP contribution in [0.15, 0.2) is 48.1 Å². The van der Waals surface area contributed by atoms with E-state index in [4.69, 9.17) is 4.74 Å². The number of halogens is 1. The van der Waals surface area contributed by atoms with Crippen LogP contribution in [0.4, 0.5) is 0 Å². The third kappa shape index (κ3) is 4.66. The summed E-state index contributed by atoms with van der Waals surface area (Å²) in [6.07, 6.45) is 5.82. The van der Waals surface area contributed by atoms with Crippen molar-refractivity contribution in [3.05, 3.63) is 57.2 Å². The fourth-order valence-corrected chi connectivity index (χ4v) is 2.28. The number of rotatable bonds is 5. The predicted octanol–water partition coefficient (Wildman–Crippen LogP) is 2.73. The van der Waals surface area contributed by atoms with Crippen molar-refractivity contribution in [3.8, 4) is 6.07 Å². The lowest BCUT2D eigenvalue weighted by Crippen LogP contribution is -2.48. The maximum atomic E-state index is 12.2. The molecule has 0 aromatic heterocycles. The molecule has 6 heteroatoms. The van der Waals surface area contributed by atoms with Gasteiger partial charge in [-0.1, -0.05) is 18.2 Å². The van der Waals surface area contributed by atoms with Crippen LogP contribution in [0.3, 0.4) is 0 Å². The van der Waals surface area contributed by atoms with Crippen molar-refractivity contribution in [1.82, 2.24) is 5.32 Å². The van der Waals surface area contributed by atoms with Gasteiger partial charge in [-0.25, -0.2) is 4.79 Å². The van der Waals surface area contributed by atoms with Crippen LogP contribution >= 0.6 is 22.6 Å². The van der Waals surface area contributed by atoms with Crippen molar-refractivity contribution in [2.75, 3.05) is 6.61 Å². The van der Waals surface area contributed by atoms with Gasteiger partial charge in [-0.05, 0) is 60.2 Å². The summed E-state index contributed by atoms with van der Waals surface area (Å²) in [5.74, 6) is -0.858. The predicted molar refractivity (Wildman–Crippen MR) is 93.4 cm³/mol. The minimum Gasteiger partial charge on any atom is -0.459 e. The second kappa shape index (κ2) is 7.42. The van der Waals surface area contributed by atoms with Gasteiger partial charge in [0.15, 0.2) is 5.54 Å². The number of allylic oxidation sites excluding steroid dienone is 3. The van der Waals surface area contributed by atoms with Crippen LogP contribution in [0.1, 0.15) is 23.7 Å². The summed E-state index contributed by atoms with van der Waals surface area (Å²) in [6.45, 7) is 1.31. The molecule has 0 spiro atoms. The molecule has 23 heavy (non-hydrogen) atoms. The average molecular weight is 422 g/mol. The van der Waals surface area contributed by atoms with Crippen molar-refractivity contribution in [2.24, 2.45) is 0 Å². The number of nitrogens with one attached hydrogen (secondary N) is 1. The highest BCUT2D eigenvalue weighted by atomic mass is 127. The highest BCUT2D eigenvalue weighted by molar-refractivity contribution is 14.1. The molecule has 5 nitrogen and oxygen atoms in total. The highest BCUT2D eigenvalue weighted by Gasteiger charge is 2.29. The molecule has 118 valence electrons. The van der Waals surface area contributed by atoms with Crippen LogP contribution in [0.5, 0.6) is 0 Å². The quantitative estimate of drug-likeness (QED) is 0.585. The maximum Gasteiger partial charge on any atom is 0.334 e. The van der Waals surface area contributed by atoms with Gasteiger partial charge in [0, 0.05) is 14.7 Å². The molecule has 1 N–H and O–H groups in total. The summed E-state index contributed by atoms with van der Waals surface area (Å²) in [6, 6.07) is 8.95. The fraction of sp³-hybridized carbons (Fsp3) is 0.235. The van der Waals surface area contributed by atoms with E-state index in [1.54, 1.807) is 36.4 Å². The number of amides is 1. The number of ether oxygens (including phenoxy) is 1. The molecule has 1 aliphatic rings. The first-order valence-electron chi connectivity index (χ1n) is 6.96. The van der Waals surface area contributed by atoms with Crippen LogP contribution in [0.2, 0.25) is 0 Å². The zero-order valence-electron chi connectivity index (χ0n) is 12.5. The van der Waals surface area contributed by atoms with Gasteiger partial charge in [0.1, 0.15) is 6.61 Å². The molecule has 1 aliphatic carbocycles. The molecule has 2 rings (SSSR count). The van der Waals surface area contributed by atoms with Crippen LogP contribution in [0, 0.1) is 14.9 Å². The molecule has 1 amide bonds. The summed E-state index contributed by atoms with van der Waals surface area (Å²) in [5, 5.41) is 11.9. The highest BCUT2D eigenvalue weighted by Crippen LogP contribution is 2.14. The Hall–Kier alpha value is -2.14. The SMILES string of the molecule is CC(C#N)(COC(=O)C1=CC=CC1)NC(=O)c1ccc(I)cc1. The summed E-state index contributed by atoms with van der Waals surface area (Å²) in [5.41, 5.74) is -0.308. The number of nitrogens with zero attached hydrogens (tertiary/aromatic N) is 1. The number of benzene rings is 1. The van der Waals surface area contributed by atoms with E-state index in [0.717, 1.165) is 3.57 Å². The number of esters is 1. The Bertz CT molecular complexity index is 716. The van der Waals surface area contributed by atoms with Gasteiger partial charge < -0.3 is 10.1 Å². The third-order valence-electron chi connectivity index (χ3n) is 3.27. The number of hydrogen-bond donors (Lipinski definition) is 1. The molecule has 0 bridgehead atoms. The summed E-state index contributed by atoms with van der Waals surface area (Å²) in [7, 11) is 0. The van der Waals surface area contributed by atoms with Crippen LogP contribution in [0.25, 0.3) is 0 Å². The number of hydrogen-bond acceptors (Lipinski definition) is 4. The molecule has 1 aromatic carbocycles. The minimum atomic E-state index is -1.29. The Morgan fingerprint density at radius 3 is 2.65 bits per heavy atom. The number of carbonyl (C=O) groups is 2. The van der Waals surface area contributed by atoms with Crippen LogP contribution < -0.4 is 5.32 Å². The first-order chi connectivity index (χ1) is 10.9. The normalized spacial score (nSPS) is 15.3. The number of carbonyl (C=O) groups excluding carboxylic acids is 2. The van der Waals surface area contributed by atoms with Gasteiger partial charge in [-0.2, -0.15) is 5.26 Å². The van der Waals surface area contributed by atoms with Gasteiger partial charge in [0.2, 0.25) is 0 Å². The van der Waals surface area contributed by atoms with Gasteiger partial charge in [0.05, 0.1) is 6.07 Å². The van der Waals surface area contributed by atoms with Crippen molar-refractivity contribution < 1.29 is 14.3 Å². The largest absolute Gasteiger partial charge is 0.459 e. The Kier molecular flexibility index (Phi) is 5.55. The van der Waals surface area contributed by atoms with Gasteiger partial charge in [-0.15, -0.1) is 0 Å². The van der Waals surface area contributed by atoms with Gasteiger partial charge in [0.25, 0.3) is 5.91 Å². The molecule has 1 atom stereocenters. The van der Waals surface area contributed by atoms with Gasteiger partial charge in [-0.3, -0.25) is 4.79 Å². The molecule has 0 saturated heterocycles. The summed E-state index contributed by atoms with van der Waals surface area (Å²) in [4.78, 5) is 24.1. The fourth-order valence-electron chi connectivity index (χ4n) is 1.92. The van der Waals surface area contributed by atoms with E-state index >= 15 is 0 Å². The molecular weight excluding hydrogens is 407 g/mol. The van der Waals surface area contributed by atoms with Crippen LogP contribution in [-0.4, -0.2) is 24.0 Å². The molecule has 0 aliphatic heterocycles. The van der Waals surface area contributed by atoms with Crippen molar-refractivity contribution in [1.29, 1.82) is 5.26 Å². The lowest BCUT2D eigenvalue weighted by atomic mass is 10.1. The molecule has 0 heterocycles. The molecule has 0 saturated carbocycles. The van der Waals surface area contributed by atoms with Gasteiger partial charge >= 0.3 is 5.97 Å². The van der Waals surface area contributed by atoms with E-state index in [9.17, 15) is 14.9 Å². The topological polar surface area (TPSA) is 79.2 Å². The standard InChI is InChI=1S/C17H15IN2O3/c1-17(10-19,11-23-16(22)13-4-2-3-5-13)20-15(21)12-6-8-14(18)9-7-12/h2-4,6-9H,5,11H2,1H3,(H,20,21). The Labute approximate surface area is 148 Å². The molecular formula is C17H15IN2O3. The zero-order valence-corrected chi connectivity index (χ0v) is 14.7. The molecule has 1 aromatic rings. The smallest absolute Gasteiger partial charge is 0.334 e. The van der Waals surface area contributed by atoms with E-state index in [-0.39, 0.29) is 12.5 Å². The summed E-state index contributed by atoms with van der Waals surface area (Å²) >= 11 is 2.14. The van der Waals surface area contributed by atoms with E-state index in [2.05, 4.69) is 27.9 Å². The summed E-state index contributed by atoms with van der Waals surface area (Å²) < 4.78 is 6.16. The lowest BCUT2D eigenvalue weighted by Gasteiger charge is -2.23. The van der Waals surface area contributed by atoms with Crippen molar-refractivity contribution in [2.45, 2.75) is 18.9 Å². The van der Waals surface area contributed by atoms with E-state index in [1.165, 1.54) is 6.92 Å². The number of nitriles is 1.